The third-order valence-electron chi connectivity index (χ3n) is 1.95. The highest BCUT2D eigenvalue weighted by Crippen LogP contribution is 2.14. The normalized spacial score (nSPS) is 13.5. The first-order valence-corrected chi connectivity index (χ1v) is 5.39. The van der Waals surface area contributed by atoms with Gasteiger partial charge in [-0.25, -0.2) is 4.79 Å². The highest BCUT2D eigenvalue weighted by Gasteiger charge is 2.03. The van der Waals surface area contributed by atoms with Crippen molar-refractivity contribution >= 4 is 5.97 Å². The summed E-state index contributed by atoms with van der Waals surface area (Å²) in [5.41, 5.74) is 0. The standard InChI is InChI=1S/C12H22O2/c1-5-14-12(13)8-6-7-11(4)9-10(2)3/h6,8,10-11H,5,7,9H2,1-4H3. The second-order valence-corrected chi connectivity index (χ2v) is 4.12. The predicted octanol–water partition coefficient (Wildman–Crippen LogP) is 3.18. The summed E-state index contributed by atoms with van der Waals surface area (Å²) < 4.78 is 4.78. The van der Waals surface area contributed by atoms with Crippen molar-refractivity contribution in [3.63, 3.8) is 0 Å². The minimum Gasteiger partial charge on any atom is -0.463 e. The van der Waals surface area contributed by atoms with Crippen molar-refractivity contribution < 1.29 is 9.53 Å². The van der Waals surface area contributed by atoms with Crippen LogP contribution in [0, 0.1) is 11.8 Å². The Labute approximate surface area is 87.3 Å². The highest BCUT2D eigenvalue weighted by atomic mass is 16.5. The highest BCUT2D eigenvalue weighted by molar-refractivity contribution is 5.81. The summed E-state index contributed by atoms with van der Waals surface area (Å²) in [6.07, 6.45) is 5.59. The van der Waals surface area contributed by atoms with Crippen molar-refractivity contribution in [2.24, 2.45) is 11.8 Å². The Kier molecular flexibility index (Phi) is 7.17. The molecule has 82 valence electrons. The molecule has 0 aromatic heterocycles. The minimum absolute atomic E-state index is 0.232. The van der Waals surface area contributed by atoms with Gasteiger partial charge in [-0.3, -0.25) is 0 Å². The first kappa shape index (κ1) is 13.2. The molecule has 0 rings (SSSR count). The minimum atomic E-state index is -0.232. The lowest BCUT2D eigenvalue weighted by molar-refractivity contribution is -0.137. The number of hydrogen-bond acceptors (Lipinski definition) is 2. The zero-order chi connectivity index (χ0) is 11.0. The molecule has 0 aliphatic carbocycles. The summed E-state index contributed by atoms with van der Waals surface area (Å²) in [5.74, 6) is 1.13. The van der Waals surface area contributed by atoms with Crippen molar-refractivity contribution in [3.8, 4) is 0 Å². The van der Waals surface area contributed by atoms with E-state index >= 15 is 0 Å². The van der Waals surface area contributed by atoms with Crippen LogP contribution in [0.3, 0.4) is 0 Å². The van der Waals surface area contributed by atoms with E-state index in [9.17, 15) is 4.79 Å². The Bertz CT molecular complexity index is 183. The average molecular weight is 198 g/mol. The molecular weight excluding hydrogens is 176 g/mol. The second kappa shape index (κ2) is 7.60. The Balaban J connectivity index is 3.64. The van der Waals surface area contributed by atoms with Gasteiger partial charge in [-0.15, -0.1) is 0 Å². The topological polar surface area (TPSA) is 26.3 Å². The van der Waals surface area contributed by atoms with Crippen molar-refractivity contribution in [3.05, 3.63) is 12.2 Å². The van der Waals surface area contributed by atoms with Crippen LogP contribution in [0.25, 0.3) is 0 Å². The number of carbonyl (C=O) groups is 1. The molecule has 0 aromatic rings. The molecule has 2 nitrogen and oxygen atoms in total. The van der Waals surface area contributed by atoms with Gasteiger partial charge >= 0.3 is 5.97 Å². The lowest BCUT2D eigenvalue weighted by Gasteiger charge is -2.10. The van der Waals surface area contributed by atoms with E-state index in [0.29, 0.717) is 12.5 Å². The molecule has 0 spiro atoms. The van der Waals surface area contributed by atoms with Crippen molar-refractivity contribution in [1.82, 2.24) is 0 Å². The molecule has 0 aromatic carbocycles. The quantitative estimate of drug-likeness (QED) is 0.484. The van der Waals surface area contributed by atoms with E-state index in [-0.39, 0.29) is 5.97 Å². The summed E-state index contributed by atoms with van der Waals surface area (Å²) in [4.78, 5) is 10.9. The number of allylic oxidation sites excluding steroid dienone is 1. The maximum atomic E-state index is 10.9. The van der Waals surface area contributed by atoms with E-state index in [2.05, 4.69) is 20.8 Å². The summed E-state index contributed by atoms with van der Waals surface area (Å²) in [6.45, 7) is 8.89. The van der Waals surface area contributed by atoms with Gasteiger partial charge in [-0.2, -0.15) is 0 Å². The summed E-state index contributed by atoms with van der Waals surface area (Å²) >= 11 is 0. The fourth-order valence-electron chi connectivity index (χ4n) is 1.49. The third kappa shape index (κ3) is 7.84. The lowest BCUT2D eigenvalue weighted by atomic mass is 9.96. The fraction of sp³-hybridized carbons (Fsp3) is 0.750. The Morgan fingerprint density at radius 2 is 2.00 bits per heavy atom. The van der Waals surface area contributed by atoms with E-state index in [1.165, 1.54) is 12.5 Å². The van der Waals surface area contributed by atoms with Gasteiger partial charge in [0.25, 0.3) is 0 Å². The third-order valence-corrected chi connectivity index (χ3v) is 1.95. The maximum absolute atomic E-state index is 10.9. The molecule has 0 aliphatic rings. The van der Waals surface area contributed by atoms with E-state index < -0.39 is 0 Å². The van der Waals surface area contributed by atoms with Crippen LogP contribution in [-0.2, 0) is 9.53 Å². The Morgan fingerprint density at radius 3 is 2.50 bits per heavy atom. The zero-order valence-corrected chi connectivity index (χ0v) is 9.75. The van der Waals surface area contributed by atoms with Crippen LogP contribution < -0.4 is 0 Å². The molecule has 0 amide bonds. The molecule has 0 radical (unpaired) electrons. The molecule has 0 heterocycles. The van der Waals surface area contributed by atoms with Gasteiger partial charge in [0.2, 0.25) is 0 Å². The Hall–Kier alpha value is -0.790. The van der Waals surface area contributed by atoms with Crippen LogP contribution in [0.1, 0.15) is 40.5 Å². The van der Waals surface area contributed by atoms with E-state index in [1.807, 2.05) is 13.0 Å². The van der Waals surface area contributed by atoms with Crippen LogP contribution in [0.4, 0.5) is 0 Å². The van der Waals surface area contributed by atoms with Gasteiger partial charge in [0.05, 0.1) is 6.61 Å². The molecule has 1 unspecified atom stereocenters. The molecule has 0 saturated heterocycles. The van der Waals surface area contributed by atoms with Crippen LogP contribution in [0.15, 0.2) is 12.2 Å². The number of carbonyl (C=O) groups excluding carboxylic acids is 1. The van der Waals surface area contributed by atoms with Gasteiger partial charge in [0.1, 0.15) is 0 Å². The summed E-state index contributed by atoms with van der Waals surface area (Å²) in [7, 11) is 0. The molecule has 2 heteroatoms. The molecule has 0 saturated carbocycles. The van der Waals surface area contributed by atoms with E-state index in [1.54, 1.807) is 0 Å². The van der Waals surface area contributed by atoms with Crippen LogP contribution >= 0.6 is 0 Å². The molecular formula is C12H22O2. The predicted molar refractivity (Wildman–Crippen MR) is 59.0 cm³/mol. The largest absolute Gasteiger partial charge is 0.463 e. The molecule has 0 aliphatic heterocycles. The van der Waals surface area contributed by atoms with Gasteiger partial charge in [0.15, 0.2) is 0 Å². The van der Waals surface area contributed by atoms with Gasteiger partial charge in [-0.1, -0.05) is 26.8 Å². The first-order valence-electron chi connectivity index (χ1n) is 5.39. The number of hydrogen-bond donors (Lipinski definition) is 0. The van der Waals surface area contributed by atoms with Gasteiger partial charge < -0.3 is 4.74 Å². The van der Waals surface area contributed by atoms with Crippen molar-refractivity contribution in [1.29, 1.82) is 0 Å². The summed E-state index contributed by atoms with van der Waals surface area (Å²) in [5, 5.41) is 0. The van der Waals surface area contributed by atoms with Gasteiger partial charge in [0, 0.05) is 6.08 Å². The molecule has 0 N–H and O–H groups in total. The van der Waals surface area contributed by atoms with E-state index in [4.69, 9.17) is 4.74 Å². The smallest absolute Gasteiger partial charge is 0.330 e. The first-order chi connectivity index (χ1) is 6.56. The molecule has 14 heavy (non-hydrogen) atoms. The van der Waals surface area contributed by atoms with Crippen LogP contribution in [-0.4, -0.2) is 12.6 Å². The number of rotatable bonds is 6. The average Bonchev–Trinajstić information content (AvgIpc) is 2.02. The summed E-state index contributed by atoms with van der Waals surface area (Å²) in [6, 6.07) is 0. The fourth-order valence-corrected chi connectivity index (χ4v) is 1.49. The lowest BCUT2D eigenvalue weighted by Crippen LogP contribution is -2.01. The van der Waals surface area contributed by atoms with Gasteiger partial charge in [-0.05, 0) is 31.6 Å². The van der Waals surface area contributed by atoms with Crippen molar-refractivity contribution in [2.45, 2.75) is 40.5 Å². The van der Waals surface area contributed by atoms with Crippen LogP contribution in [0.5, 0.6) is 0 Å². The molecule has 0 bridgehead atoms. The zero-order valence-electron chi connectivity index (χ0n) is 9.75. The maximum Gasteiger partial charge on any atom is 0.330 e. The number of ether oxygens (including phenoxy) is 1. The SMILES string of the molecule is CCOC(=O)C=CCC(C)CC(C)C. The van der Waals surface area contributed by atoms with E-state index in [0.717, 1.165) is 12.3 Å². The molecule has 1 atom stereocenters. The van der Waals surface area contributed by atoms with Crippen LogP contribution in [0.2, 0.25) is 0 Å². The van der Waals surface area contributed by atoms with Crippen molar-refractivity contribution in [2.75, 3.05) is 6.61 Å². The second-order valence-electron chi connectivity index (χ2n) is 4.12. The Morgan fingerprint density at radius 1 is 1.36 bits per heavy atom. The number of esters is 1. The monoisotopic (exact) mass is 198 g/mol. The molecule has 0 fully saturated rings.